The standard InChI is InChI=1S/C18H21N3O2/c22-18(16-14-6-2-1-5-13(14)8-12-23-16)21-11-4-3-7-15(21)17-19-9-10-20-17/h1-2,5-6,9-10,15-16H,3-4,7-8,11-12H2,(H,19,20). The van der Waals surface area contributed by atoms with Crippen molar-refractivity contribution in [1.29, 1.82) is 0 Å². The van der Waals surface area contributed by atoms with Gasteiger partial charge in [-0.05, 0) is 36.8 Å². The fourth-order valence-corrected chi connectivity index (χ4v) is 3.69. The number of likely N-dealkylation sites (tertiary alicyclic amines) is 1. The van der Waals surface area contributed by atoms with E-state index in [1.165, 1.54) is 5.56 Å². The molecule has 0 spiro atoms. The Morgan fingerprint density at radius 2 is 2.22 bits per heavy atom. The minimum atomic E-state index is -0.476. The minimum Gasteiger partial charge on any atom is -0.363 e. The van der Waals surface area contributed by atoms with E-state index in [1.807, 2.05) is 29.3 Å². The van der Waals surface area contributed by atoms with Crippen molar-refractivity contribution in [3.05, 3.63) is 53.6 Å². The van der Waals surface area contributed by atoms with Crippen LogP contribution in [0.2, 0.25) is 0 Å². The Hall–Kier alpha value is -2.14. The highest BCUT2D eigenvalue weighted by Gasteiger charge is 2.36. The van der Waals surface area contributed by atoms with Gasteiger partial charge in [0, 0.05) is 18.9 Å². The van der Waals surface area contributed by atoms with Crippen molar-refractivity contribution in [2.45, 2.75) is 37.8 Å². The molecule has 0 bridgehead atoms. The van der Waals surface area contributed by atoms with Gasteiger partial charge in [0.05, 0.1) is 12.6 Å². The van der Waals surface area contributed by atoms with E-state index in [2.05, 4.69) is 16.0 Å². The van der Waals surface area contributed by atoms with E-state index in [4.69, 9.17) is 4.74 Å². The third-order valence-electron chi connectivity index (χ3n) is 4.84. The molecule has 3 heterocycles. The number of fused-ring (bicyclic) bond motifs is 1. The van der Waals surface area contributed by atoms with Crippen LogP contribution in [-0.4, -0.2) is 33.9 Å². The Morgan fingerprint density at radius 3 is 3.09 bits per heavy atom. The summed E-state index contributed by atoms with van der Waals surface area (Å²) in [6.45, 7) is 1.37. The van der Waals surface area contributed by atoms with E-state index in [-0.39, 0.29) is 11.9 Å². The lowest BCUT2D eigenvalue weighted by atomic mass is 9.94. The predicted molar refractivity (Wildman–Crippen MR) is 85.7 cm³/mol. The normalized spacial score (nSPS) is 24.3. The van der Waals surface area contributed by atoms with Gasteiger partial charge in [-0.2, -0.15) is 0 Å². The molecular weight excluding hydrogens is 290 g/mol. The summed E-state index contributed by atoms with van der Waals surface area (Å²) in [5, 5.41) is 0. The second-order valence-corrected chi connectivity index (χ2v) is 6.22. The van der Waals surface area contributed by atoms with Crippen molar-refractivity contribution in [3.63, 3.8) is 0 Å². The van der Waals surface area contributed by atoms with Crippen molar-refractivity contribution in [1.82, 2.24) is 14.9 Å². The number of aromatic nitrogens is 2. The number of imidazole rings is 1. The second-order valence-electron chi connectivity index (χ2n) is 6.22. The quantitative estimate of drug-likeness (QED) is 0.928. The molecule has 1 aromatic heterocycles. The van der Waals surface area contributed by atoms with Crippen LogP contribution in [0.15, 0.2) is 36.7 Å². The molecule has 2 aromatic rings. The maximum Gasteiger partial charge on any atom is 0.256 e. The molecule has 120 valence electrons. The molecule has 0 radical (unpaired) electrons. The van der Waals surface area contributed by atoms with Crippen molar-refractivity contribution in [3.8, 4) is 0 Å². The number of nitrogens with zero attached hydrogens (tertiary/aromatic N) is 2. The molecule has 1 fully saturated rings. The summed E-state index contributed by atoms with van der Waals surface area (Å²) in [7, 11) is 0. The first-order valence-electron chi connectivity index (χ1n) is 8.34. The zero-order chi connectivity index (χ0) is 15.6. The maximum atomic E-state index is 13.2. The molecule has 1 N–H and O–H groups in total. The van der Waals surface area contributed by atoms with Crippen LogP contribution in [0.4, 0.5) is 0 Å². The highest BCUT2D eigenvalue weighted by Crippen LogP contribution is 2.35. The molecular formula is C18H21N3O2. The highest BCUT2D eigenvalue weighted by molar-refractivity contribution is 5.83. The van der Waals surface area contributed by atoms with Gasteiger partial charge in [-0.25, -0.2) is 4.98 Å². The van der Waals surface area contributed by atoms with E-state index in [1.54, 1.807) is 6.20 Å². The van der Waals surface area contributed by atoms with Crippen LogP contribution in [0, 0.1) is 0 Å². The molecule has 1 amide bonds. The maximum absolute atomic E-state index is 13.2. The summed E-state index contributed by atoms with van der Waals surface area (Å²) < 4.78 is 5.86. The van der Waals surface area contributed by atoms with Gasteiger partial charge in [-0.15, -0.1) is 0 Å². The Kier molecular flexibility index (Phi) is 3.87. The molecule has 2 aliphatic rings. The number of H-pyrrole nitrogens is 1. The predicted octanol–water partition coefficient (Wildman–Crippen LogP) is 2.78. The summed E-state index contributed by atoms with van der Waals surface area (Å²) >= 11 is 0. The van der Waals surface area contributed by atoms with Crippen LogP contribution in [0.5, 0.6) is 0 Å². The van der Waals surface area contributed by atoms with Crippen LogP contribution in [0.3, 0.4) is 0 Å². The van der Waals surface area contributed by atoms with Crippen LogP contribution in [-0.2, 0) is 16.0 Å². The number of ether oxygens (including phenoxy) is 1. The van der Waals surface area contributed by atoms with Gasteiger partial charge in [0.2, 0.25) is 0 Å². The SMILES string of the molecule is O=C(C1OCCc2ccccc21)N1CCCCC1c1ncc[nH]1. The fourth-order valence-electron chi connectivity index (χ4n) is 3.69. The van der Waals surface area contributed by atoms with Crippen molar-refractivity contribution < 1.29 is 9.53 Å². The van der Waals surface area contributed by atoms with E-state index in [9.17, 15) is 4.79 Å². The van der Waals surface area contributed by atoms with E-state index in [0.29, 0.717) is 6.61 Å². The Balaban J connectivity index is 1.63. The van der Waals surface area contributed by atoms with Gasteiger partial charge >= 0.3 is 0 Å². The fraction of sp³-hybridized carbons (Fsp3) is 0.444. The number of hydrogen-bond donors (Lipinski definition) is 1. The largest absolute Gasteiger partial charge is 0.363 e. The van der Waals surface area contributed by atoms with Gasteiger partial charge in [-0.1, -0.05) is 24.3 Å². The van der Waals surface area contributed by atoms with Crippen LogP contribution in [0.1, 0.15) is 48.4 Å². The van der Waals surface area contributed by atoms with Crippen LogP contribution >= 0.6 is 0 Å². The molecule has 1 aromatic carbocycles. The molecule has 23 heavy (non-hydrogen) atoms. The lowest BCUT2D eigenvalue weighted by Gasteiger charge is -2.38. The van der Waals surface area contributed by atoms with Crippen molar-refractivity contribution in [2.75, 3.05) is 13.2 Å². The number of carbonyl (C=O) groups is 1. The second kappa shape index (κ2) is 6.16. The number of benzene rings is 1. The smallest absolute Gasteiger partial charge is 0.256 e. The molecule has 0 aliphatic carbocycles. The lowest BCUT2D eigenvalue weighted by molar-refractivity contribution is -0.149. The molecule has 2 aliphatic heterocycles. The topological polar surface area (TPSA) is 58.2 Å². The molecule has 2 atom stereocenters. The van der Waals surface area contributed by atoms with Crippen molar-refractivity contribution >= 4 is 5.91 Å². The van der Waals surface area contributed by atoms with Gasteiger partial charge in [0.25, 0.3) is 5.91 Å². The summed E-state index contributed by atoms with van der Waals surface area (Å²) in [5.74, 6) is 0.945. The first-order chi connectivity index (χ1) is 11.3. The zero-order valence-electron chi connectivity index (χ0n) is 13.1. The summed E-state index contributed by atoms with van der Waals surface area (Å²) in [4.78, 5) is 22.7. The number of rotatable bonds is 2. The number of amides is 1. The number of aromatic amines is 1. The van der Waals surface area contributed by atoms with E-state index >= 15 is 0 Å². The monoisotopic (exact) mass is 311 g/mol. The Morgan fingerprint density at radius 1 is 1.30 bits per heavy atom. The minimum absolute atomic E-state index is 0.0314. The summed E-state index contributed by atoms with van der Waals surface area (Å²) in [5.41, 5.74) is 2.25. The molecule has 1 saturated heterocycles. The number of hydrogen-bond acceptors (Lipinski definition) is 3. The van der Waals surface area contributed by atoms with Crippen LogP contribution in [0.25, 0.3) is 0 Å². The summed E-state index contributed by atoms with van der Waals surface area (Å²) in [6.07, 6.45) is 7.08. The molecule has 5 nitrogen and oxygen atoms in total. The molecule has 0 saturated carbocycles. The molecule has 2 unspecified atom stereocenters. The van der Waals surface area contributed by atoms with Gasteiger partial charge in [0.1, 0.15) is 5.82 Å². The zero-order valence-corrected chi connectivity index (χ0v) is 13.1. The highest BCUT2D eigenvalue weighted by atomic mass is 16.5. The molecule has 5 heteroatoms. The number of carbonyl (C=O) groups excluding carboxylic acids is 1. The van der Waals surface area contributed by atoms with Crippen LogP contribution < -0.4 is 0 Å². The van der Waals surface area contributed by atoms with E-state index < -0.39 is 6.10 Å². The Labute approximate surface area is 135 Å². The Bertz CT molecular complexity index is 683. The van der Waals surface area contributed by atoms with Gasteiger partial charge < -0.3 is 14.6 Å². The average Bonchev–Trinajstić information content (AvgIpc) is 3.15. The first-order valence-corrected chi connectivity index (χ1v) is 8.34. The average molecular weight is 311 g/mol. The lowest BCUT2D eigenvalue weighted by Crippen LogP contribution is -2.43. The summed E-state index contributed by atoms with van der Waals surface area (Å²) in [6, 6.07) is 8.15. The van der Waals surface area contributed by atoms with E-state index in [0.717, 1.165) is 43.6 Å². The van der Waals surface area contributed by atoms with Gasteiger partial charge in [-0.3, -0.25) is 4.79 Å². The first kappa shape index (κ1) is 14.5. The third kappa shape index (κ3) is 2.65. The number of piperidine rings is 1. The number of nitrogens with one attached hydrogen (secondary N) is 1. The van der Waals surface area contributed by atoms with Gasteiger partial charge in [0.15, 0.2) is 6.10 Å². The molecule has 4 rings (SSSR count). The third-order valence-corrected chi connectivity index (χ3v) is 4.84. The van der Waals surface area contributed by atoms with Crippen molar-refractivity contribution in [2.24, 2.45) is 0 Å².